The normalized spacial score (nSPS) is 14.9. The van der Waals surface area contributed by atoms with Gasteiger partial charge in [-0.25, -0.2) is 4.68 Å². The van der Waals surface area contributed by atoms with Gasteiger partial charge in [0.1, 0.15) is 0 Å². The van der Waals surface area contributed by atoms with Crippen molar-refractivity contribution in [2.45, 2.75) is 32.2 Å². The van der Waals surface area contributed by atoms with Gasteiger partial charge in [0.05, 0.1) is 17.8 Å². The maximum Gasteiger partial charge on any atom is 0.305 e. The van der Waals surface area contributed by atoms with Gasteiger partial charge in [-0.2, -0.15) is 0 Å². The van der Waals surface area contributed by atoms with Crippen molar-refractivity contribution < 1.29 is 19.4 Å². The first-order valence-corrected chi connectivity index (χ1v) is 9.14. The van der Waals surface area contributed by atoms with Crippen LogP contribution >= 0.6 is 11.6 Å². The minimum Gasteiger partial charge on any atom is -0.481 e. The Morgan fingerprint density at radius 1 is 1.37 bits per heavy atom. The van der Waals surface area contributed by atoms with Crippen molar-refractivity contribution >= 4 is 23.5 Å². The number of aromatic nitrogens is 3. The van der Waals surface area contributed by atoms with E-state index in [1.54, 1.807) is 34.7 Å². The number of amides is 1. The number of halogens is 1. The molecule has 0 radical (unpaired) electrons. The summed E-state index contributed by atoms with van der Waals surface area (Å²) in [5.41, 5.74) is 1.50. The molecule has 1 aromatic carbocycles. The van der Waals surface area contributed by atoms with Gasteiger partial charge in [-0.05, 0) is 38.0 Å². The highest BCUT2D eigenvalue weighted by Crippen LogP contribution is 2.21. The molecule has 27 heavy (non-hydrogen) atoms. The van der Waals surface area contributed by atoms with E-state index in [4.69, 9.17) is 21.4 Å². The highest BCUT2D eigenvalue weighted by Gasteiger charge is 2.30. The molecule has 3 rings (SSSR count). The summed E-state index contributed by atoms with van der Waals surface area (Å²) in [6, 6.07) is 7.03. The zero-order valence-corrected chi connectivity index (χ0v) is 15.7. The number of ether oxygens (including phenoxy) is 1. The van der Waals surface area contributed by atoms with Crippen molar-refractivity contribution in [1.82, 2.24) is 19.9 Å². The first-order valence-electron chi connectivity index (χ1n) is 8.76. The lowest BCUT2D eigenvalue weighted by atomic mass is 10.1. The maximum absolute atomic E-state index is 13.1. The van der Waals surface area contributed by atoms with E-state index >= 15 is 0 Å². The third-order valence-electron chi connectivity index (χ3n) is 4.61. The molecule has 0 spiro atoms. The molecule has 1 amide bonds. The van der Waals surface area contributed by atoms with E-state index in [2.05, 4.69) is 10.3 Å². The molecule has 1 N–H and O–H groups in total. The molecule has 2 aromatic rings. The Labute approximate surface area is 161 Å². The lowest BCUT2D eigenvalue weighted by Gasteiger charge is -2.33. The number of carboxylic acids is 1. The fourth-order valence-corrected chi connectivity index (χ4v) is 3.36. The third-order valence-corrected chi connectivity index (χ3v) is 4.84. The molecule has 1 aromatic heterocycles. The van der Waals surface area contributed by atoms with Crippen molar-refractivity contribution in [3.63, 3.8) is 0 Å². The van der Waals surface area contributed by atoms with Crippen molar-refractivity contribution in [2.24, 2.45) is 0 Å². The van der Waals surface area contributed by atoms with Crippen LogP contribution in [0.2, 0.25) is 5.02 Å². The van der Waals surface area contributed by atoms with E-state index < -0.39 is 5.97 Å². The summed E-state index contributed by atoms with van der Waals surface area (Å²) in [5, 5.41) is 17.8. The molecule has 0 saturated carbocycles. The van der Waals surface area contributed by atoms with Gasteiger partial charge in [-0.3, -0.25) is 9.59 Å². The second-order valence-electron chi connectivity index (χ2n) is 6.40. The van der Waals surface area contributed by atoms with Crippen molar-refractivity contribution in [3.8, 4) is 5.69 Å². The molecular formula is C18H21ClN4O4. The molecule has 144 valence electrons. The lowest BCUT2D eigenvalue weighted by Crippen LogP contribution is -2.44. The number of rotatable bonds is 6. The minimum atomic E-state index is -0.945. The molecule has 0 atom stereocenters. The van der Waals surface area contributed by atoms with Crippen LogP contribution in [0.4, 0.5) is 0 Å². The van der Waals surface area contributed by atoms with Crippen molar-refractivity contribution in [3.05, 3.63) is 40.7 Å². The number of carboxylic acid groups (broad SMARTS) is 1. The molecule has 2 heterocycles. The average molecular weight is 393 g/mol. The van der Waals surface area contributed by atoms with Crippen LogP contribution in [0.1, 0.15) is 35.4 Å². The van der Waals surface area contributed by atoms with Crippen LogP contribution in [-0.4, -0.2) is 62.7 Å². The van der Waals surface area contributed by atoms with E-state index in [0.717, 1.165) is 0 Å². The van der Waals surface area contributed by atoms with E-state index in [-0.39, 0.29) is 30.6 Å². The first kappa shape index (κ1) is 19.3. The van der Waals surface area contributed by atoms with Crippen LogP contribution in [0.15, 0.2) is 24.3 Å². The Balaban J connectivity index is 1.88. The van der Waals surface area contributed by atoms with Crippen LogP contribution in [0, 0.1) is 6.92 Å². The Hall–Kier alpha value is -2.45. The maximum atomic E-state index is 13.1. The molecule has 0 aliphatic carbocycles. The summed E-state index contributed by atoms with van der Waals surface area (Å²) < 4.78 is 6.91. The summed E-state index contributed by atoms with van der Waals surface area (Å²) in [4.78, 5) is 25.8. The van der Waals surface area contributed by atoms with Crippen LogP contribution in [0.5, 0.6) is 0 Å². The molecule has 1 aliphatic heterocycles. The van der Waals surface area contributed by atoms with E-state index in [1.807, 2.05) is 6.07 Å². The molecule has 8 nitrogen and oxygen atoms in total. The van der Waals surface area contributed by atoms with Gasteiger partial charge >= 0.3 is 5.97 Å². The highest BCUT2D eigenvalue weighted by molar-refractivity contribution is 6.30. The van der Waals surface area contributed by atoms with Gasteiger partial charge in [0.2, 0.25) is 0 Å². The van der Waals surface area contributed by atoms with Gasteiger partial charge < -0.3 is 14.7 Å². The summed E-state index contributed by atoms with van der Waals surface area (Å²) in [6.45, 7) is 2.99. The van der Waals surface area contributed by atoms with Crippen LogP contribution in [0.25, 0.3) is 5.69 Å². The van der Waals surface area contributed by atoms with Crippen LogP contribution in [0.3, 0.4) is 0 Å². The predicted octanol–water partition coefficient (Wildman–Crippen LogP) is 2.33. The Kier molecular flexibility index (Phi) is 6.08. The number of carbonyl (C=O) groups excluding carboxylic acids is 1. The van der Waals surface area contributed by atoms with Gasteiger partial charge in [0.15, 0.2) is 5.69 Å². The molecular weight excluding hydrogens is 372 g/mol. The smallest absolute Gasteiger partial charge is 0.305 e. The monoisotopic (exact) mass is 392 g/mol. The van der Waals surface area contributed by atoms with Gasteiger partial charge in [0, 0.05) is 30.8 Å². The summed E-state index contributed by atoms with van der Waals surface area (Å²) in [5.74, 6) is -1.26. The SMILES string of the molecule is Cc1c(C(=O)N(CCC(=O)O)C2CCOCC2)nnn1-c1cccc(Cl)c1. The topological polar surface area (TPSA) is 97.6 Å². The molecule has 0 unspecified atom stereocenters. The number of benzene rings is 1. The largest absolute Gasteiger partial charge is 0.481 e. The minimum absolute atomic E-state index is 0.0682. The second kappa shape index (κ2) is 8.49. The van der Waals surface area contributed by atoms with E-state index in [9.17, 15) is 9.59 Å². The Morgan fingerprint density at radius 2 is 2.11 bits per heavy atom. The van der Waals surface area contributed by atoms with Crippen molar-refractivity contribution in [1.29, 1.82) is 0 Å². The zero-order chi connectivity index (χ0) is 19.4. The van der Waals surface area contributed by atoms with Gasteiger partial charge in [-0.1, -0.05) is 22.9 Å². The number of hydrogen-bond donors (Lipinski definition) is 1. The lowest BCUT2D eigenvalue weighted by molar-refractivity contribution is -0.137. The molecule has 1 aliphatic rings. The van der Waals surface area contributed by atoms with Crippen LogP contribution < -0.4 is 0 Å². The van der Waals surface area contributed by atoms with Gasteiger partial charge in [0.25, 0.3) is 5.91 Å². The molecule has 0 bridgehead atoms. The number of nitrogens with zero attached hydrogens (tertiary/aromatic N) is 4. The molecule has 9 heteroatoms. The van der Waals surface area contributed by atoms with Crippen molar-refractivity contribution in [2.75, 3.05) is 19.8 Å². The standard InChI is InChI=1S/C18H21ClN4O4/c1-12-17(20-21-23(12)15-4-2-3-13(19)11-15)18(26)22(8-5-16(24)25)14-6-9-27-10-7-14/h2-4,11,14H,5-10H2,1H3,(H,24,25). The van der Waals surface area contributed by atoms with E-state index in [1.165, 1.54) is 0 Å². The fourth-order valence-electron chi connectivity index (χ4n) is 3.18. The molecule has 1 fully saturated rings. The summed E-state index contributed by atoms with van der Waals surface area (Å²) in [7, 11) is 0. The number of carbonyl (C=O) groups is 2. The second-order valence-corrected chi connectivity index (χ2v) is 6.84. The number of aliphatic carboxylic acids is 1. The van der Waals surface area contributed by atoms with E-state index in [0.29, 0.717) is 42.5 Å². The van der Waals surface area contributed by atoms with Gasteiger partial charge in [-0.15, -0.1) is 5.10 Å². The fraction of sp³-hybridized carbons (Fsp3) is 0.444. The summed E-state index contributed by atoms with van der Waals surface area (Å²) in [6.07, 6.45) is 1.23. The summed E-state index contributed by atoms with van der Waals surface area (Å²) >= 11 is 6.04. The Morgan fingerprint density at radius 3 is 2.78 bits per heavy atom. The third kappa shape index (κ3) is 4.45. The zero-order valence-electron chi connectivity index (χ0n) is 15.0. The molecule has 1 saturated heterocycles. The van der Waals surface area contributed by atoms with Crippen LogP contribution in [-0.2, 0) is 9.53 Å². The highest BCUT2D eigenvalue weighted by atomic mass is 35.5. The average Bonchev–Trinajstić information content (AvgIpc) is 3.04. The Bertz CT molecular complexity index is 833. The quantitative estimate of drug-likeness (QED) is 0.810. The predicted molar refractivity (Wildman–Crippen MR) is 98.2 cm³/mol. The number of hydrogen-bond acceptors (Lipinski definition) is 5. The first-order chi connectivity index (χ1) is 13.0.